The molecule has 0 aliphatic rings. The molecule has 1 unspecified atom stereocenters. The van der Waals surface area contributed by atoms with E-state index in [2.05, 4.69) is 53.8 Å². The van der Waals surface area contributed by atoms with E-state index in [-0.39, 0.29) is 11.2 Å². The summed E-state index contributed by atoms with van der Waals surface area (Å²) in [5, 5.41) is 2.03. The molecular weight excluding hydrogens is 398 g/mol. The third kappa shape index (κ3) is 2.79. The maximum absolute atomic E-state index is 13.3. The molecule has 3 heteroatoms. The lowest BCUT2D eigenvalue weighted by atomic mass is 9.94. The van der Waals surface area contributed by atoms with Gasteiger partial charge in [-0.2, -0.15) is 0 Å². The van der Waals surface area contributed by atoms with Crippen LogP contribution in [0.5, 0.6) is 0 Å². The van der Waals surface area contributed by atoms with Crippen LogP contribution in [0.25, 0.3) is 10.8 Å². The van der Waals surface area contributed by atoms with E-state index in [0.29, 0.717) is 0 Å². The summed E-state index contributed by atoms with van der Waals surface area (Å²) < 4.78 is 14.1. The molecule has 0 aliphatic carbocycles. The maximum Gasteiger partial charge on any atom is 0.124 e. The zero-order valence-corrected chi connectivity index (χ0v) is 14.3. The van der Waals surface area contributed by atoms with Crippen LogP contribution in [0, 0.1) is 16.3 Å². The smallest absolute Gasteiger partial charge is 0.124 e. The predicted octanol–water partition coefficient (Wildman–Crippen LogP) is 6.22. The van der Waals surface area contributed by atoms with Crippen molar-refractivity contribution in [1.29, 1.82) is 0 Å². The van der Waals surface area contributed by atoms with Gasteiger partial charge in [-0.1, -0.05) is 42.5 Å². The largest absolute Gasteiger partial charge is 0.207 e. The minimum Gasteiger partial charge on any atom is -0.207 e. The fourth-order valence-electron chi connectivity index (χ4n) is 2.60. The van der Waals surface area contributed by atoms with E-state index in [1.54, 1.807) is 6.07 Å². The first-order valence-corrected chi connectivity index (χ1v) is 8.16. The van der Waals surface area contributed by atoms with E-state index in [1.807, 2.05) is 12.1 Å². The van der Waals surface area contributed by atoms with E-state index >= 15 is 0 Å². The highest BCUT2D eigenvalue weighted by atomic mass is 127. The average molecular weight is 411 g/mol. The second-order valence-corrected chi connectivity index (χ2v) is 6.64. The molecule has 0 spiro atoms. The van der Waals surface area contributed by atoms with Gasteiger partial charge in [-0.15, -0.1) is 11.6 Å². The summed E-state index contributed by atoms with van der Waals surface area (Å²) in [6.45, 7) is 2.06. The van der Waals surface area contributed by atoms with Crippen LogP contribution in [0.1, 0.15) is 22.1 Å². The van der Waals surface area contributed by atoms with Crippen LogP contribution in [0.15, 0.2) is 54.6 Å². The summed E-state index contributed by atoms with van der Waals surface area (Å²) in [5.41, 5.74) is 3.19. The van der Waals surface area contributed by atoms with Crippen molar-refractivity contribution in [2.45, 2.75) is 12.3 Å². The molecule has 0 aromatic heterocycles. The van der Waals surface area contributed by atoms with Gasteiger partial charge in [0.15, 0.2) is 0 Å². The Morgan fingerprint density at radius 1 is 1.05 bits per heavy atom. The van der Waals surface area contributed by atoms with Gasteiger partial charge in [-0.25, -0.2) is 4.39 Å². The highest BCUT2D eigenvalue weighted by molar-refractivity contribution is 14.1. The van der Waals surface area contributed by atoms with Crippen molar-refractivity contribution in [3.8, 4) is 0 Å². The molecular formula is C18H13ClFI. The maximum atomic E-state index is 13.3. The molecule has 0 aliphatic heterocycles. The van der Waals surface area contributed by atoms with Gasteiger partial charge in [0.2, 0.25) is 0 Å². The molecule has 21 heavy (non-hydrogen) atoms. The quantitative estimate of drug-likeness (QED) is 0.347. The van der Waals surface area contributed by atoms with Gasteiger partial charge < -0.3 is 0 Å². The fourth-order valence-corrected chi connectivity index (χ4v) is 4.06. The van der Waals surface area contributed by atoms with Crippen LogP contribution in [0.2, 0.25) is 0 Å². The standard InChI is InChI=1S/C18H13ClFI/c1-11-6-7-12-4-2-3-5-14(12)17(11)18(19)15-9-8-13(20)10-16(15)21/h2-10,18H,1H3. The van der Waals surface area contributed by atoms with Crippen LogP contribution in [-0.4, -0.2) is 0 Å². The number of halogens is 3. The number of hydrogen-bond acceptors (Lipinski definition) is 0. The minimum absolute atomic E-state index is 0.235. The van der Waals surface area contributed by atoms with E-state index < -0.39 is 0 Å². The first-order valence-electron chi connectivity index (χ1n) is 6.65. The second kappa shape index (κ2) is 5.93. The summed E-state index contributed by atoms with van der Waals surface area (Å²) in [6, 6.07) is 17.2. The van der Waals surface area contributed by atoms with Crippen molar-refractivity contribution in [3.05, 3.63) is 80.7 Å². The van der Waals surface area contributed by atoms with Crippen LogP contribution >= 0.6 is 34.2 Å². The Morgan fingerprint density at radius 2 is 1.81 bits per heavy atom. The summed E-state index contributed by atoms with van der Waals surface area (Å²) in [7, 11) is 0. The number of alkyl halides is 1. The van der Waals surface area contributed by atoms with Crippen LogP contribution in [-0.2, 0) is 0 Å². The van der Waals surface area contributed by atoms with Crippen molar-refractivity contribution in [2.24, 2.45) is 0 Å². The Balaban J connectivity index is 2.21. The Morgan fingerprint density at radius 3 is 2.57 bits per heavy atom. The van der Waals surface area contributed by atoms with E-state index in [9.17, 15) is 4.39 Å². The van der Waals surface area contributed by atoms with E-state index in [0.717, 1.165) is 25.6 Å². The van der Waals surface area contributed by atoms with Gasteiger partial charge in [0.25, 0.3) is 0 Å². The van der Waals surface area contributed by atoms with Crippen molar-refractivity contribution >= 4 is 45.0 Å². The average Bonchev–Trinajstić information content (AvgIpc) is 2.46. The van der Waals surface area contributed by atoms with Gasteiger partial charge in [-0.05, 0) is 69.1 Å². The number of hydrogen-bond donors (Lipinski definition) is 0. The third-order valence-electron chi connectivity index (χ3n) is 3.68. The molecule has 0 saturated heterocycles. The van der Waals surface area contributed by atoms with Gasteiger partial charge in [0.05, 0.1) is 5.38 Å². The normalized spacial score (nSPS) is 12.6. The summed E-state index contributed by atoms with van der Waals surface area (Å²) in [6.07, 6.45) is 0. The Labute approximate surface area is 142 Å². The van der Waals surface area contributed by atoms with Crippen molar-refractivity contribution in [1.82, 2.24) is 0 Å². The van der Waals surface area contributed by atoms with E-state index in [1.165, 1.54) is 17.5 Å². The third-order valence-corrected chi connectivity index (χ3v) is 5.07. The minimum atomic E-state index is -0.288. The Kier molecular flexibility index (Phi) is 4.18. The van der Waals surface area contributed by atoms with Crippen LogP contribution in [0.3, 0.4) is 0 Å². The Bertz CT molecular complexity index is 813. The lowest BCUT2D eigenvalue weighted by Gasteiger charge is -2.17. The Hall–Kier alpha value is -1.13. The molecule has 0 fully saturated rings. The van der Waals surface area contributed by atoms with E-state index in [4.69, 9.17) is 11.6 Å². The summed E-state index contributed by atoms with van der Waals surface area (Å²) in [5.74, 6) is -0.235. The van der Waals surface area contributed by atoms with Crippen molar-refractivity contribution in [2.75, 3.05) is 0 Å². The molecule has 106 valence electrons. The second-order valence-electron chi connectivity index (χ2n) is 5.05. The number of benzene rings is 3. The first-order chi connectivity index (χ1) is 10.1. The fraction of sp³-hybridized carbons (Fsp3) is 0.111. The number of rotatable bonds is 2. The molecule has 0 radical (unpaired) electrons. The molecule has 0 N–H and O–H groups in total. The highest BCUT2D eigenvalue weighted by Crippen LogP contribution is 2.38. The van der Waals surface area contributed by atoms with Gasteiger partial charge in [0.1, 0.15) is 5.82 Å². The SMILES string of the molecule is Cc1ccc2ccccc2c1C(Cl)c1ccc(F)cc1I. The molecule has 0 nitrogen and oxygen atoms in total. The molecule has 3 rings (SSSR count). The molecule has 0 amide bonds. The van der Waals surface area contributed by atoms with Crippen molar-refractivity contribution < 1.29 is 4.39 Å². The van der Waals surface area contributed by atoms with Crippen molar-refractivity contribution in [3.63, 3.8) is 0 Å². The molecule has 3 aromatic carbocycles. The molecule has 3 aromatic rings. The van der Waals surface area contributed by atoms with Crippen LogP contribution < -0.4 is 0 Å². The number of fused-ring (bicyclic) bond motifs is 1. The van der Waals surface area contributed by atoms with Gasteiger partial charge in [-0.3, -0.25) is 0 Å². The van der Waals surface area contributed by atoms with Crippen LogP contribution in [0.4, 0.5) is 4.39 Å². The monoisotopic (exact) mass is 410 g/mol. The summed E-state index contributed by atoms with van der Waals surface area (Å²) in [4.78, 5) is 0. The lowest BCUT2D eigenvalue weighted by Crippen LogP contribution is -2.00. The topological polar surface area (TPSA) is 0 Å². The zero-order valence-electron chi connectivity index (χ0n) is 11.4. The first kappa shape index (κ1) is 14.8. The van der Waals surface area contributed by atoms with Gasteiger partial charge >= 0.3 is 0 Å². The molecule has 0 bridgehead atoms. The molecule has 1 atom stereocenters. The number of aryl methyl sites for hydroxylation is 1. The summed E-state index contributed by atoms with van der Waals surface area (Å²) >= 11 is 8.89. The zero-order chi connectivity index (χ0) is 15.0. The van der Waals surface area contributed by atoms with Gasteiger partial charge in [0, 0.05) is 3.57 Å². The predicted molar refractivity (Wildman–Crippen MR) is 95.5 cm³/mol. The molecule has 0 heterocycles. The molecule has 0 saturated carbocycles. The lowest BCUT2D eigenvalue weighted by molar-refractivity contribution is 0.626. The highest BCUT2D eigenvalue weighted by Gasteiger charge is 2.18.